The number of carbonyl (C=O) groups excluding carboxylic acids is 3. The van der Waals surface area contributed by atoms with Crippen molar-refractivity contribution in [2.24, 2.45) is 0 Å². The number of nitrogens with zero attached hydrogens (tertiary/aromatic N) is 2. The van der Waals surface area contributed by atoms with Gasteiger partial charge in [-0.05, 0) is 33.3 Å². The molecule has 0 aliphatic heterocycles. The van der Waals surface area contributed by atoms with Crippen molar-refractivity contribution >= 4 is 39.3 Å². The molecular weight excluding hydrogens is 432 g/mol. The van der Waals surface area contributed by atoms with Crippen molar-refractivity contribution in [3.8, 4) is 0 Å². The fourth-order valence-electron chi connectivity index (χ4n) is 3.46. The van der Waals surface area contributed by atoms with Crippen LogP contribution in [0.2, 0.25) is 0 Å². The zero-order chi connectivity index (χ0) is 23.6. The molecule has 0 fully saturated rings. The number of aryl methyl sites for hydroxylation is 2. The van der Waals surface area contributed by atoms with E-state index in [1.165, 1.54) is 11.7 Å². The van der Waals surface area contributed by atoms with Gasteiger partial charge in [-0.1, -0.05) is 30.3 Å². The molecular formula is C23H24N2O6S. The Kier molecular flexibility index (Phi) is 6.88. The predicted molar refractivity (Wildman–Crippen MR) is 120 cm³/mol. The highest BCUT2D eigenvalue weighted by Crippen LogP contribution is 2.30. The molecule has 0 N–H and O–H groups in total. The lowest BCUT2D eigenvalue weighted by atomic mass is 10.0. The van der Waals surface area contributed by atoms with Gasteiger partial charge >= 0.3 is 11.9 Å². The number of Topliss-reactive ketones (excluding diaryl/α,β-unsaturated/α-hetero) is 1. The molecule has 0 spiro atoms. The number of hydrogen-bond donors (Lipinski definition) is 0. The highest BCUT2D eigenvalue weighted by atomic mass is 32.1. The van der Waals surface area contributed by atoms with Crippen LogP contribution >= 0.6 is 11.3 Å². The quantitative estimate of drug-likeness (QED) is 0.395. The van der Waals surface area contributed by atoms with Crippen molar-refractivity contribution < 1.29 is 23.9 Å². The number of ketones is 1. The molecule has 2 aromatic heterocycles. The van der Waals surface area contributed by atoms with Gasteiger partial charge in [0.2, 0.25) is 0 Å². The molecule has 2 heterocycles. The summed E-state index contributed by atoms with van der Waals surface area (Å²) in [6, 6.07) is 7.27. The second kappa shape index (κ2) is 9.44. The van der Waals surface area contributed by atoms with Crippen LogP contribution in [0.5, 0.6) is 0 Å². The van der Waals surface area contributed by atoms with E-state index in [1.54, 1.807) is 58.0 Å². The number of rotatable bonds is 7. The summed E-state index contributed by atoms with van der Waals surface area (Å²) in [4.78, 5) is 56.6. The normalized spacial score (nSPS) is 12.1. The Hall–Kier alpha value is -3.33. The van der Waals surface area contributed by atoms with Crippen LogP contribution in [0.3, 0.4) is 0 Å². The number of hydrogen-bond acceptors (Lipinski definition) is 8. The molecule has 3 rings (SSSR count). The summed E-state index contributed by atoms with van der Waals surface area (Å²) >= 11 is 1.07. The first-order valence-electron chi connectivity index (χ1n) is 10.0. The van der Waals surface area contributed by atoms with Crippen molar-refractivity contribution in [3.63, 3.8) is 0 Å². The first-order chi connectivity index (χ1) is 15.1. The maximum Gasteiger partial charge on any atom is 0.348 e. The Labute approximate surface area is 188 Å². The monoisotopic (exact) mass is 456 g/mol. The predicted octanol–water partition coefficient (Wildman–Crippen LogP) is 3.63. The largest absolute Gasteiger partial charge is 0.469 e. The fraction of sp³-hybridized carbons (Fsp3) is 0.348. The summed E-state index contributed by atoms with van der Waals surface area (Å²) < 4.78 is 11.3. The molecule has 8 nitrogen and oxygen atoms in total. The third kappa shape index (κ3) is 4.47. The molecule has 0 aliphatic rings. The van der Waals surface area contributed by atoms with E-state index in [2.05, 4.69) is 4.98 Å². The number of esters is 2. The van der Waals surface area contributed by atoms with Gasteiger partial charge in [0.1, 0.15) is 21.6 Å². The summed E-state index contributed by atoms with van der Waals surface area (Å²) in [5, 5.41) is 0.229. The number of methoxy groups -OCH3 is 1. The first-order valence-corrected chi connectivity index (χ1v) is 10.9. The van der Waals surface area contributed by atoms with Crippen molar-refractivity contribution in [2.75, 3.05) is 7.11 Å². The average Bonchev–Trinajstić information content (AvgIpc) is 3.08. The van der Waals surface area contributed by atoms with Crippen LogP contribution in [0, 0.1) is 13.8 Å². The molecule has 0 saturated carbocycles. The minimum atomic E-state index is -1.14. The Balaban J connectivity index is 2.20. The Morgan fingerprint density at radius 3 is 2.38 bits per heavy atom. The van der Waals surface area contributed by atoms with Crippen molar-refractivity contribution in [3.05, 3.63) is 62.5 Å². The van der Waals surface area contributed by atoms with E-state index in [9.17, 15) is 19.2 Å². The van der Waals surface area contributed by atoms with Crippen LogP contribution in [0.15, 0.2) is 35.1 Å². The van der Waals surface area contributed by atoms with Gasteiger partial charge in [0.05, 0.1) is 25.0 Å². The molecule has 168 valence electrons. The van der Waals surface area contributed by atoms with E-state index < -0.39 is 29.3 Å². The molecule has 0 bridgehead atoms. The second-order valence-electron chi connectivity index (χ2n) is 7.55. The summed E-state index contributed by atoms with van der Waals surface area (Å²) in [7, 11) is 1.22. The number of fused-ring (bicyclic) bond motifs is 1. The van der Waals surface area contributed by atoms with Gasteiger partial charge in [-0.2, -0.15) is 0 Å². The molecule has 1 atom stereocenters. The fourth-order valence-corrected chi connectivity index (χ4v) is 4.56. The third-order valence-corrected chi connectivity index (χ3v) is 6.13. The molecule has 1 unspecified atom stereocenters. The van der Waals surface area contributed by atoms with Gasteiger partial charge in [-0.15, -0.1) is 11.3 Å². The number of thiophene rings is 1. The number of benzene rings is 1. The van der Waals surface area contributed by atoms with Crippen LogP contribution < -0.4 is 5.56 Å². The van der Waals surface area contributed by atoms with Gasteiger partial charge in [0.15, 0.2) is 5.78 Å². The van der Waals surface area contributed by atoms with Gasteiger partial charge in [-0.3, -0.25) is 19.0 Å². The molecule has 0 saturated heterocycles. The van der Waals surface area contributed by atoms with Crippen molar-refractivity contribution in [2.45, 2.75) is 46.3 Å². The minimum absolute atomic E-state index is 0.229. The molecule has 1 aromatic carbocycles. The number of aromatic nitrogens is 2. The van der Waals surface area contributed by atoms with Gasteiger partial charge in [0.25, 0.3) is 5.56 Å². The van der Waals surface area contributed by atoms with Crippen molar-refractivity contribution in [1.29, 1.82) is 0 Å². The Morgan fingerprint density at radius 1 is 1.12 bits per heavy atom. The Bertz CT molecular complexity index is 1240. The van der Waals surface area contributed by atoms with Crippen LogP contribution in [0.4, 0.5) is 0 Å². The minimum Gasteiger partial charge on any atom is -0.469 e. The van der Waals surface area contributed by atoms with Crippen LogP contribution in [0.25, 0.3) is 10.2 Å². The zero-order valence-corrected chi connectivity index (χ0v) is 19.3. The maximum atomic E-state index is 13.5. The van der Waals surface area contributed by atoms with Crippen molar-refractivity contribution in [1.82, 2.24) is 9.55 Å². The standard InChI is InChI=1S/C23H24N2O6S/c1-12(2)31-23(29)20-13(3)18-21(32-20)24-14(4)25(22(18)28)16(11-17(26)30-5)19(27)15-9-7-6-8-10-15/h6-10,12,16H,11H2,1-5H3. The smallest absolute Gasteiger partial charge is 0.348 e. The number of carbonyl (C=O) groups is 3. The highest BCUT2D eigenvalue weighted by Gasteiger charge is 2.30. The first kappa shape index (κ1) is 23.3. The van der Waals surface area contributed by atoms with E-state index in [1.807, 2.05) is 0 Å². The van der Waals surface area contributed by atoms with Gasteiger partial charge in [-0.25, -0.2) is 9.78 Å². The average molecular weight is 457 g/mol. The molecule has 0 radical (unpaired) electrons. The Morgan fingerprint density at radius 2 is 1.78 bits per heavy atom. The van der Waals surface area contributed by atoms with Crippen LogP contribution in [-0.4, -0.2) is 40.5 Å². The molecule has 0 aliphatic carbocycles. The SMILES string of the molecule is COC(=O)CC(C(=O)c1ccccc1)n1c(C)nc2sc(C(=O)OC(C)C)c(C)c2c1=O. The number of ether oxygens (including phenoxy) is 2. The lowest BCUT2D eigenvalue weighted by Gasteiger charge is -2.20. The van der Waals surface area contributed by atoms with Crippen LogP contribution in [0.1, 0.15) is 57.7 Å². The summed E-state index contributed by atoms with van der Waals surface area (Å²) in [5.41, 5.74) is 0.296. The summed E-state index contributed by atoms with van der Waals surface area (Å²) in [5.74, 6) is -1.31. The summed E-state index contributed by atoms with van der Waals surface area (Å²) in [6.07, 6.45) is -0.643. The van der Waals surface area contributed by atoms with Crippen LogP contribution in [-0.2, 0) is 14.3 Å². The third-order valence-electron chi connectivity index (χ3n) is 4.96. The second-order valence-corrected chi connectivity index (χ2v) is 8.55. The molecule has 9 heteroatoms. The molecule has 0 amide bonds. The highest BCUT2D eigenvalue weighted by molar-refractivity contribution is 7.20. The maximum absolute atomic E-state index is 13.5. The van der Waals surface area contributed by atoms with E-state index in [-0.39, 0.29) is 28.6 Å². The van der Waals surface area contributed by atoms with E-state index in [0.29, 0.717) is 16.0 Å². The van der Waals surface area contributed by atoms with Gasteiger partial charge < -0.3 is 9.47 Å². The van der Waals surface area contributed by atoms with E-state index >= 15 is 0 Å². The molecule has 3 aromatic rings. The zero-order valence-electron chi connectivity index (χ0n) is 18.5. The topological polar surface area (TPSA) is 105 Å². The van der Waals surface area contributed by atoms with E-state index in [4.69, 9.17) is 9.47 Å². The lowest BCUT2D eigenvalue weighted by molar-refractivity contribution is -0.141. The summed E-state index contributed by atoms with van der Waals surface area (Å²) in [6.45, 7) is 6.71. The van der Waals surface area contributed by atoms with Gasteiger partial charge in [0, 0.05) is 5.56 Å². The molecule has 32 heavy (non-hydrogen) atoms. The van der Waals surface area contributed by atoms with E-state index in [0.717, 1.165) is 11.3 Å². The lowest BCUT2D eigenvalue weighted by Crippen LogP contribution is -2.34.